The molecule has 0 radical (unpaired) electrons. The van der Waals surface area contributed by atoms with Gasteiger partial charge in [-0.05, 0) is 55.4 Å². The molecule has 0 aliphatic heterocycles. The molecule has 2 amide bonds. The van der Waals surface area contributed by atoms with Crippen LogP contribution in [0.3, 0.4) is 0 Å². The van der Waals surface area contributed by atoms with E-state index in [9.17, 15) is 9.59 Å². The summed E-state index contributed by atoms with van der Waals surface area (Å²) in [6, 6.07) is 7.39. The van der Waals surface area contributed by atoms with Gasteiger partial charge >= 0.3 is 0 Å². The van der Waals surface area contributed by atoms with E-state index < -0.39 is 0 Å². The van der Waals surface area contributed by atoms with Crippen LogP contribution < -0.4 is 10.6 Å². The molecule has 4 rings (SSSR count). The number of ether oxygens (including phenoxy) is 1. The Labute approximate surface area is 191 Å². The maximum absolute atomic E-state index is 13.0. The first-order valence-electron chi connectivity index (χ1n) is 10.8. The van der Waals surface area contributed by atoms with Gasteiger partial charge < -0.3 is 15.4 Å². The first-order chi connectivity index (χ1) is 15.7. The average Bonchev–Trinajstić information content (AvgIpc) is 3.44. The molecule has 1 aromatic carbocycles. The van der Waals surface area contributed by atoms with Crippen LogP contribution in [-0.4, -0.2) is 46.8 Å². The van der Waals surface area contributed by atoms with Crippen molar-refractivity contribution in [3.05, 3.63) is 64.1 Å². The highest BCUT2D eigenvalue weighted by atomic mass is 32.1. The van der Waals surface area contributed by atoms with Crippen molar-refractivity contribution in [1.29, 1.82) is 0 Å². The molecule has 0 atom stereocenters. The predicted octanol–water partition coefficient (Wildman–Crippen LogP) is 3.29. The average molecular weight is 454 g/mol. The molecule has 0 unspecified atom stereocenters. The lowest BCUT2D eigenvalue weighted by Gasteiger charge is -2.13. The predicted molar refractivity (Wildman–Crippen MR) is 123 cm³/mol. The summed E-state index contributed by atoms with van der Waals surface area (Å²) in [6.07, 6.45) is 7.90. The minimum atomic E-state index is -0.218. The third kappa shape index (κ3) is 5.23. The van der Waals surface area contributed by atoms with E-state index in [1.807, 2.05) is 12.1 Å². The summed E-state index contributed by atoms with van der Waals surface area (Å²) < 4.78 is 6.78. The number of benzene rings is 1. The number of nitrogens with zero attached hydrogens (tertiary/aromatic N) is 3. The van der Waals surface area contributed by atoms with Crippen LogP contribution in [0, 0.1) is 0 Å². The number of carbonyl (C=O) groups excluding carboxylic acids is 2. The lowest BCUT2D eigenvalue weighted by atomic mass is 9.95. The second kappa shape index (κ2) is 10.5. The van der Waals surface area contributed by atoms with E-state index in [0.29, 0.717) is 35.8 Å². The SMILES string of the molecule is COCCCNC(=O)c1c(NC(=O)c2ccc(Cn3cncn3)cc2)sc2c1CCCC2. The normalized spacial score (nSPS) is 12.9. The molecule has 8 nitrogen and oxygen atoms in total. The van der Waals surface area contributed by atoms with Gasteiger partial charge in [-0.25, -0.2) is 9.67 Å². The van der Waals surface area contributed by atoms with Crippen molar-refractivity contribution in [3.63, 3.8) is 0 Å². The molecular formula is C23H27N5O3S. The number of amides is 2. The number of anilines is 1. The van der Waals surface area contributed by atoms with Crippen molar-refractivity contribution in [3.8, 4) is 0 Å². The van der Waals surface area contributed by atoms with E-state index >= 15 is 0 Å². The molecule has 0 bridgehead atoms. The third-order valence-corrected chi connectivity index (χ3v) is 6.67. The highest BCUT2D eigenvalue weighted by molar-refractivity contribution is 7.17. The zero-order chi connectivity index (χ0) is 22.3. The number of rotatable bonds is 9. The van der Waals surface area contributed by atoms with Crippen LogP contribution in [0.5, 0.6) is 0 Å². The van der Waals surface area contributed by atoms with Crippen LogP contribution in [-0.2, 0) is 24.1 Å². The molecule has 1 aliphatic carbocycles. The van der Waals surface area contributed by atoms with Gasteiger partial charge in [-0.3, -0.25) is 9.59 Å². The summed E-state index contributed by atoms with van der Waals surface area (Å²) in [5, 5.41) is 10.7. The molecule has 168 valence electrons. The Morgan fingerprint density at radius 1 is 1.16 bits per heavy atom. The lowest BCUT2D eigenvalue weighted by Crippen LogP contribution is -2.27. The summed E-state index contributed by atoms with van der Waals surface area (Å²) in [5.74, 6) is -0.344. The Bertz CT molecular complexity index is 1060. The Hall–Kier alpha value is -3.04. The summed E-state index contributed by atoms with van der Waals surface area (Å²) in [5.41, 5.74) is 3.28. The van der Waals surface area contributed by atoms with Crippen molar-refractivity contribution in [2.75, 3.05) is 25.6 Å². The summed E-state index contributed by atoms with van der Waals surface area (Å²) in [4.78, 5) is 31.1. The van der Waals surface area contributed by atoms with E-state index in [-0.39, 0.29) is 11.8 Å². The maximum Gasteiger partial charge on any atom is 0.256 e. The van der Waals surface area contributed by atoms with E-state index in [4.69, 9.17) is 4.74 Å². The molecule has 0 saturated carbocycles. The highest BCUT2D eigenvalue weighted by Crippen LogP contribution is 2.38. The molecule has 2 heterocycles. The van der Waals surface area contributed by atoms with Gasteiger partial charge in [-0.2, -0.15) is 5.10 Å². The zero-order valence-electron chi connectivity index (χ0n) is 18.1. The maximum atomic E-state index is 13.0. The summed E-state index contributed by atoms with van der Waals surface area (Å²) in [6.45, 7) is 1.73. The van der Waals surface area contributed by atoms with Gasteiger partial charge in [0.2, 0.25) is 0 Å². The molecule has 0 saturated heterocycles. The minimum Gasteiger partial charge on any atom is -0.385 e. The molecule has 0 fully saturated rings. The third-order valence-electron chi connectivity index (χ3n) is 5.46. The Kier molecular flexibility index (Phi) is 7.28. The monoisotopic (exact) mass is 453 g/mol. The topological polar surface area (TPSA) is 98.1 Å². The largest absolute Gasteiger partial charge is 0.385 e. The summed E-state index contributed by atoms with van der Waals surface area (Å²) in [7, 11) is 1.64. The second-order valence-electron chi connectivity index (χ2n) is 7.76. The van der Waals surface area contributed by atoms with Crippen molar-refractivity contribution < 1.29 is 14.3 Å². The number of thiophene rings is 1. The highest BCUT2D eigenvalue weighted by Gasteiger charge is 2.26. The van der Waals surface area contributed by atoms with Crippen LogP contribution in [0.25, 0.3) is 0 Å². The number of aromatic nitrogens is 3. The van der Waals surface area contributed by atoms with Crippen LogP contribution in [0.2, 0.25) is 0 Å². The number of methoxy groups -OCH3 is 1. The van der Waals surface area contributed by atoms with E-state index in [1.165, 1.54) is 22.5 Å². The number of nitrogens with one attached hydrogen (secondary N) is 2. The van der Waals surface area contributed by atoms with E-state index in [0.717, 1.165) is 43.2 Å². The Balaban J connectivity index is 1.48. The van der Waals surface area contributed by atoms with Gasteiger partial charge in [0.05, 0.1) is 12.1 Å². The van der Waals surface area contributed by atoms with E-state index in [2.05, 4.69) is 20.7 Å². The van der Waals surface area contributed by atoms with Crippen LogP contribution in [0.4, 0.5) is 5.00 Å². The second-order valence-corrected chi connectivity index (χ2v) is 8.87. The van der Waals surface area contributed by atoms with Gasteiger partial charge in [0.25, 0.3) is 11.8 Å². The molecule has 1 aliphatic rings. The quantitative estimate of drug-likeness (QED) is 0.485. The van der Waals surface area contributed by atoms with E-state index in [1.54, 1.807) is 30.3 Å². The Morgan fingerprint density at radius 3 is 2.72 bits per heavy atom. The lowest BCUT2D eigenvalue weighted by molar-refractivity contribution is 0.0948. The van der Waals surface area contributed by atoms with Gasteiger partial charge in [0.15, 0.2) is 0 Å². The first-order valence-corrected chi connectivity index (χ1v) is 11.6. The standard InChI is InChI=1S/C23H27N5O3S/c1-31-12-4-11-25-22(30)20-18-5-2-3-6-19(18)32-23(20)27-21(29)17-9-7-16(8-10-17)13-28-15-24-14-26-28/h7-10,14-15H,2-6,11-13H2,1H3,(H,25,30)(H,27,29). The van der Waals surface area contributed by atoms with Crippen LogP contribution in [0.1, 0.15) is 56.0 Å². The molecular weight excluding hydrogens is 426 g/mol. The summed E-state index contributed by atoms with van der Waals surface area (Å²) >= 11 is 1.53. The number of hydrogen-bond acceptors (Lipinski definition) is 6. The van der Waals surface area contributed by atoms with Crippen molar-refractivity contribution in [1.82, 2.24) is 20.1 Å². The molecule has 2 aromatic heterocycles. The fourth-order valence-corrected chi connectivity index (χ4v) is 5.12. The zero-order valence-corrected chi connectivity index (χ0v) is 18.9. The van der Waals surface area contributed by atoms with Crippen LogP contribution in [0.15, 0.2) is 36.9 Å². The van der Waals surface area contributed by atoms with Crippen molar-refractivity contribution in [2.24, 2.45) is 0 Å². The molecule has 0 spiro atoms. The smallest absolute Gasteiger partial charge is 0.256 e. The molecule has 3 aromatic rings. The van der Waals surface area contributed by atoms with Gasteiger partial charge in [0, 0.05) is 30.7 Å². The number of fused-ring (bicyclic) bond motifs is 1. The number of aryl methyl sites for hydroxylation is 1. The number of carbonyl (C=O) groups is 2. The fraction of sp³-hybridized carbons (Fsp3) is 0.391. The first kappa shape index (κ1) is 22.2. The molecule has 2 N–H and O–H groups in total. The van der Waals surface area contributed by atoms with Gasteiger partial charge in [-0.1, -0.05) is 12.1 Å². The van der Waals surface area contributed by atoms with Crippen molar-refractivity contribution in [2.45, 2.75) is 38.6 Å². The molecule has 9 heteroatoms. The Morgan fingerprint density at radius 2 is 1.97 bits per heavy atom. The van der Waals surface area contributed by atoms with Crippen LogP contribution >= 0.6 is 11.3 Å². The fourth-order valence-electron chi connectivity index (χ4n) is 3.84. The van der Waals surface area contributed by atoms with Gasteiger partial charge in [0.1, 0.15) is 17.7 Å². The minimum absolute atomic E-state index is 0.126. The van der Waals surface area contributed by atoms with Crippen molar-refractivity contribution >= 4 is 28.2 Å². The number of hydrogen-bond donors (Lipinski definition) is 2. The molecule has 32 heavy (non-hydrogen) atoms. The van der Waals surface area contributed by atoms with Gasteiger partial charge in [-0.15, -0.1) is 11.3 Å².